The van der Waals surface area contributed by atoms with Crippen LogP contribution in [0.5, 0.6) is 0 Å². The van der Waals surface area contributed by atoms with E-state index in [4.69, 9.17) is 0 Å². The average molecular weight is 397 g/mol. The predicted octanol–water partition coefficient (Wildman–Crippen LogP) is 4.57. The molecule has 0 unspecified atom stereocenters. The van der Waals surface area contributed by atoms with Gasteiger partial charge in [-0.25, -0.2) is 9.97 Å². The van der Waals surface area contributed by atoms with E-state index in [-0.39, 0.29) is 5.91 Å². The van der Waals surface area contributed by atoms with Crippen LogP contribution in [0.25, 0.3) is 0 Å². The molecule has 5 nitrogen and oxygen atoms in total. The van der Waals surface area contributed by atoms with Crippen LogP contribution >= 0.6 is 15.9 Å². The van der Waals surface area contributed by atoms with E-state index >= 15 is 0 Å². The van der Waals surface area contributed by atoms with Gasteiger partial charge in [0.1, 0.15) is 5.69 Å². The highest BCUT2D eigenvalue weighted by Crippen LogP contribution is 2.20. The van der Waals surface area contributed by atoms with Crippen LogP contribution in [0.2, 0.25) is 0 Å². The van der Waals surface area contributed by atoms with Crippen molar-refractivity contribution < 1.29 is 4.79 Å². The number of anilines is 3. The number of carbonyl (C=O) groups excluding carboxylic acids is 1. The van der Waals surface area contributed by atoms with E-state index in [1.165, 1.54) is 0 Å². The van der Waals surface area contributed by atoms with Crippen molar-refractivity contribution in [1.82, 2.24) is 9.97 Å². The molecule has 2 aromatic carbocycles. The summed E-state index contributed by atoms with van der Waals surface area (Å²) in [7, 11) is 1.73. The lowest BCUT2D eigenvalue weighted by Crippen LogP contribution is -2.27. The van der Waals surface area contributed by atoms with E-state index in [0.717, 1.165) is 21.5 Å². The molecule has 0 saturated carbocycles. The highest BCUT2D eigenvalue weighted by Gasteiger charge is 2.16. The Kier molecular flexibility index (Phi) is 5.09. The topological polar surface area (TPSA) is 58.1 Å². The SMILES string of the molecule is Cc1cc(C(=O)N(C)c2ccccc2)nc(Nc2cccc(Br)c2)n1. The maximum Gasteiger partial charge on any atom is 0.276 e. The highest BCUT2D eigenvalue weighted by atomic mass is 79.9. The molecular weight excluding hydrogens is 380 g/mol. The number of nitrogens with one attached hydrogen (secondary N) is 1. The second kappa shape index (κ2) is 7.44. The minimum absolute atomic E-state index is 0.186. The highest BCUT2D eigenvalue weighted by molar-refractivity contribution is 9.10. The van der Waals surface area contributed by atoms with Gasteiger partial charge in [-0.15, -0.1) is 0 Å². The summed E-state index contributed by atoms with van der Waals surface area (Å²) >= 11 is 3.43. The number of aromatic nitrogens is 2. The van der Waals surface area contributed by atoms with Crippen molar-refractivity contribution in [2.45, 2.75) is 6.92 Å². The lowest BCUT2D eigenvalue weighted by atomic mass is 10.2. The molecule has 6 heteroatoms. The van der Waals surface area contributed by atoms with Gasteiger partial charge in [0.15, 0.2) is 0 Å². The first-order valence-electron chi connectivity index (χ1n) is 7.74. The van der Waals surface area contributed by atoms with Gasteiger partial charge < -0.3 is 10.2 Å². The number of carbonyl (C=O) groups is 1. The molecule has 0 aliphatic rings. The summed E-state index contributed by atoms with van der Waals surface area (Å²) in [6.45, 7) is 1.84. The van der Waals surface area contributed by atoms with Crippen LogP contribution in [0.4, 0.5) is 17.3 Å². The quantitative estimate of drug-likeness (QED) is 0.701. The largest absolute Gasteiger partial charge is 0.324 e. The minimum atomic E-state index is -0.186. The Bertz CT molecular complexity index is 899. The van der Waals surface area contributed by atoms with Gasteiger partial charge in [-0.05, 0) is 43.3 Å². The summed E-state index contributed by atoms with van der Waals surface area (Å²) in [6, 6.07) is 18.8. The van der Waals surface area contributed by atoms with Gasteiger partial charge in [-0.3, -0.25) is 4.79 Å². The van der Waals surface area contributed by atoms with Crippen LogP contribution < -0.4 is 10.2 Å². The van der Waals surface area contributed by atoms with E-state index < -0.39 is 0 Å². The molecule has 0 radical (unpaired) electrons. The summed E-state index contributed by atoms with van der Waals surface area (Å²) in [5, 5.41) is 3.14. The van der Waals surface area contributed by atoms with Gasteiger partial charge in [0.05, 0.1) is 0 Å². The first kappa shape index (κ1) is 17.1. The number of aryl methyl sites for hydroxylation is 1. The third-order valence-electron chi connectivity index (χ3n) is 3.60. The zero-order chi connectivity index (χ0) is 17.8. The number of para-hydroxylation sites is 1. The molecule has 0 aliphatic carbocycles. The Labute approximate surface area is 154 Å². The fourth-order valence-electron chi connectivity index (χ4n) is 2.37. The van der Waals surface area contributed by atoms with E-state index in [9.17, 15) is 4.79 Å². The van der Waals surface area contributed by atoms with Crippen molar-refractivity contribution in [2.24, 2.45) is 0 Å². The third kappa shape index (κ3) is 4.22. The lowest BCUT2D eigenvalue weighted by Gasteiger charge is -2.17. The van der Waals surface area contributed by atoms with E-state index in [1.807, 2.05) is 61.5 Å². The Morgan fingerprint density at radius 3 is 2.52 bits per heavy atom. The molecule has 0 bridgehead atoms. The maximum absolute atomic E-state index is 12.8. The lowest BCUT2D eigenvalue weighted by molar-refractivity contribution is 0.0988. The van der Waals surface area contributed by atoms with Crippen LogP contribution in [0.3, 0.4) is 0 Å². The molecule has 25 heavy (non-hydrogen) atoms. The molecule has 1 N–H and O–H groups in total. The van der Waals surface area contributed by atoms with Crippen LogP contribution in [0.15, 0.2) is 65.1 Å². The van der Waals surface area contributed by atoms with E-state index in [0.29, 0.717) is 11.6 Å². The fraction of sp³-hybridized carbons (Fsp3) is 0.105. The molecule has 0 atom stereocenters. The molecule has 1 amide bonds. The molecule has 0 aliphatic heterocycles. The fourth-order valence-corrected chi connectivity index (χ4v) is 2.77. The molecule has 0 fully saturated rings. The van der Waals surface area contributed by atoms with Gasteiger partial charge in [-0.1, -0.05) is 40.2 Å². The Morgan fingerprint density at radius 1 is 1.04 bits per heavy atom. The van der Waals surface area contributed by atoms with Gasteiger partial charge in [0, 0.05) is 28.6 Å². The second-order valence-corrected chi connectivity index (χ2v) is 6.47. The molecule has 126 valence electrons. The van der Waals surface area contributed by atoms with Crippen molar-refractivity contribution in [2.75, 3.05) is 17.3 Å². The number of hydrogen-bond donors (Lipinski definition) is 1. The number of nitrogens with zero attached hydrogens (tertiary/aromatic N) is 3. The predicted molar refractivity (Wildman–Crippen MR) is 103 cm³/mol. The molecule has 1 aromatic heterocycles. The van der Waals surface area contributed by atoms with Crippen LogP contribution in [-0.2, 0) is 0 Å². The standard InChI is InChI=1S/C19H17BrN4O/c1-13-11-17(18(25)24(2)16-9-4-3-5-10-16)23-19(21-13)22-15-8-6-7-14(20)12-15/h3-12H,1-2H3,(H,21,22,23). The maximum atomic E-state index is 12.8. The summed E-state index contributed by atoms with van der Waals surface area (Å²) < 4.78 is 0.949. The van der Waals surface area contributed by atoms with Gasteiger partial charge in [0.2, 0.25) is 5.95 Å². The molecule has 3 rings (SSSR count). The van der Waals surface area contributed by atoms with Crippen molar-refractivity contribution in [3.63, 3.8) is 0 Å². The van der Waals surface area contributed by atoms with Crippen molar-refractivity contribution in [1.29, 1.82) is 0 Å². The van der Waals surface area contributed by atoms with E-state index in [1.54, 1.807) is 18.0 Å². The van der Waals surface area contributed by atoms with Crippen molar-refractivity contribution in [3.05, 3.63) is 76.5 Å². The summed E-state index contributed by atoms with van der Waals surface area (Å²) in [4.78, 5) is 23.1. The van der Waals surface area contributed by atoms with Crippen LogP contribution in [0.1, 0.15) is 16.2 Å². The number of amides is 1. The number of halogens is 1. The number of hydrogen-bond acceptors (Lipinski definition) is 4. The van der Waals surface area contributed by atoms with Gasteiger partial charge >= 0.3 is 0 Å². The minimum Gasteiger partial charge on any atom is -0.324 e. The average Bonchev–Trinajstić information content (AvgIpc) is 2.60. The summed E-state index contributed by atoms with van der Waals surface area (Å²) in [5.74, 6) is 0.205. The Hall–Kier alpha value is -2.73. The first-order chi connectivity index (χ1) is 12.0. The second-order valence-electron chi connectivity index (χ2n) is 5.55. The normalized spacial score (nSPS) is 10.4. The number of rotatable bonds is 4. The molecule has 3 aromatic rings. The van der Waals surface area contributed by atoms with Crippen molar-refractivity contribution in [3.8, 4) is 0 Å². The van der Waals surface area contributed by atoms with Gasteiger partial charge in [-0.2, -0.15) is 0 Å². The summed E-state index contributed by atoms with van der Waals surface area (Å²) in [6.07, 6.45) is 0. The van der Waals surface area contributed by atoms with Crippen LogP contribution in [0, 0.1) is 6.92 Å². The zero-order valence-electron chi connectivity index (χ0n) is 13.9. The monoisotopic (exact) mass is 396 g/mol. The molecule has 0 spiro atoms. The van der Waals surface area contributed by atoms with Crippen LogP contribution in [-0.4, -0.2) is 22.9 Å². The zero-order valence-corrected chi connectivity index (χ0v) is 15.5. The van der Waals surface area contributed by atoms with Gasteiger partial charge in [0.25, 0.3) is 5.91 Å². The smallest absolute Gasteiger partial charge is 0.276 e. The first-order valence-corrected chi connectivity index (χ1v) is 8.53. The summed E-state index contributed by atoms with van der Waals surface area (Å²) in [5.41, 5.74) is 2.72. The van der Waals surface area contributed by atoms with Crippen molar-refractivity contribution >= 4 is 39.2 Å². The molecular formula is C19H17BrN4O. The third-order valence-corrected chi connectivity index (χ3v) is 4.10. The Morgan fingerprint density at radius 2 is 1.80 bits per heavy atom. The van der Waals surface area contributed by atoms with E-state index in [2.05, 4.69) is 31.2 Å². The molecule has 1 heterocycles. The molecule has 0 saturated heterocycles. The Balaban J connectivity index is 1.87. The number of benzene rings is 2.